The van der Waals surface area contributed by atoms with Crippen LogP contribution in [0.5, 0.6) is 0 Å². The molecule has 1 heteroatoms. The molecular weight excluding hydrogens is 434 g/mol. The topological polar surface area (TPSA) is 4.41 Å². The quantitative estimate of drug-likeness (QED) is 0.230. The monoisotopic (exact) mass is 459 g/mol. The van der Waals surface area contributed by atoms with Crippen LogP contribution in [-0.4, -0.2) is 4.40 Å². The SMILES string of the molecule is Cc1cc(C)c(-c2cc3c4cc5ccccc5cc4n4c5cc6ccccc6cc5c(c2)c34)c(C)c1. The highest BCUT2D eigenvalue weighted by Crippen LogP contribution is 2.44. The van der Waals surface area contributed by atoms with Gasteiger partial charge in [-0.25, -0.2) is 0 Å². The first-order valence-electron chi connectivity index (χ1n) is 12.7. The van der Waals surface area contributed by atoms with E-state index in [-0.39, 0.29) is 0 Å². The van der Waals surface area contributed by atoms with Gasteiger partial charge in [0.2, 0.25) is 0 Å². The Morgan fingerprint density at radius 2 is 0.917 bits per heavy atom. The minimum Gasteiger partial charge on any atom is -0.308 e. The van der Waals surface area contributed by atoms with Crippen molar-refractivity contribution in [1.29, 1.82) is 0 Å². The normalized spacial score (nSPS) is 12.3. The summed E-state index contributed by atoms with van der Waals surface area (Å²) in [5.74, 6) is 0. The lowest BCUT2D eigenvalue weighted by Crippen LogP contribution is -1.90. The largest absolute Gasteiger partial charge is 0.308 e. The van der Waals surface area contributed by atoms with Gasteiger partial charge in [0.05, 0.1) is 16.6 Å². The molecule has 0 aliphatic rings. The Balaban J connectivity index is 1.63. The lowest BCUT2D eigenvalue weighted by molar-refractivity contribution is 1.32. The Morgan fingerprint density at radius 1 is 0.472 bits per heavy atom. The van der Waals surface area contributed by atoms with E-state index in [1.165, 1.54) is 87.5 Å². The second-order valence-electron chi connectivity index (χ2n) is 10.5. The van der Waals surface area contributed by atoms with Crippen LogP contribution in [0.4, 0.5) is 0 Å². The zero-order valence-corrected chi connectivity index (χ0v) is 20.7. The van der Waals surface area contributed by atoms with Crippen molar-refractivity contribution in [2.24, 2.45) is 0 Å². The number of nitrogens with zero attached hydrogens (tertiary/aromatic N) is 1. The summed E-state index contributed by atoms with van der Waals surface area (Å²) in [6.45, 7) is 6.68. The van der Waals surface area contributed by atoms with Crippen LogP contribution in [0.15, 0.2) is 97.1 Å². The number of aryl methyl sites for hydroxylation is 3. The van der Waals surface area contributed by atoms with Gasteiger partial charge in [0.15, 0.2) is 0 Å². The fraction of sp³-hybridized carbons (Fsp3) is 0.0857. The molecule has 0 aliphatic heterocycles. The summed E-state index contributed by atoms with van der Waals surface area (Å²) in [7, 11) is 0. The lowest BCUT2D eigenvalue weighted by atomic mass is 9.91. The van der Waals surface area contributed by atoms with E-state index in [1.54, 1.807) is 0 Å². The number of rotatable bonds is 1. The van der Waals surface area contributed by atoms with E-state index in [0.717, 1.165) is 0 Å². The van der Waals surface area contributed by atoms with E-state index in [0.29, 0.717) is 0 Å². The molecule has 0 saturated heterocycles. The predicted molar refractivity (Wildman–Crippen MR) is 156 cm³/mol. The van der Waals surface area contributed by atoms with E-state index in [4.69, 9.17) is 0 Å². The van der Waals surface area contributed by atoms with Crippen molar-refractivity contribution < 1.29 is 0 Å². The van der Waals surface area contributed by atoms with Crippen molar-refractivity contribution in [3.05, 3.63) is 114 Å². The number of benzene rings is 6. The fourth-order valence-corrected chi connectivity index (χ4v) is 6.69. The zero-order valence-electron chi connectivity index (χ0n) is 20.7. The molecule has 0 spiro atoms. The van der Waals surface area contributed by atoms with Crippen molar-refractivity contribution in [1.82, 2.24) is 4.40 Å². The minimum absolute atomic E-state index is 1.28. The smallest absolute Gasteiger partial charge is 0.0620 e. The third kappa shape index (κ3) is 2.55. The molecule has 8 aromatic rings. The van der Waals surface area contributed by atoms with E-state index < -0.39 is 0 Å². The van der Waals surface area contributed by atoms with Gasteiger partial charge in [0.1, 0.15) is 0 Å². The summed E-state index contributed by atoms with van der Waals surface area (Å²) in [6.07, 6.45) is 0. The first-order chi connectivity index (χ1) is 17.6. The Morgan fingerprint density at radius 3 is 1.39 bits per heavy atom. The van der Waals surface area contributed by atoms with Crippen LogP contribution >= 0.6 is 0 Å². The fourth-order valence-electron chi connectivity index (χ4n) is 6.69. The molecule has 0 amide bonds. The maximum Gasteiger partial charge on any atom is 0.0620 e. The molecule has 0 fully saturated rings. The molecule has 0 N–H and O–H groups in total. The van der Waals surface area contributed by atoms with Gasteiger partial charge in [-0.1, -0.05) is 66.2 Å². The maximum atomic E-state index is 2.51. The van der Waals surface area contributed by atoms with Crippen molar-refractivity contribution in [3.8, 4) is 11.1 Å². The molecule has 2 heterocycles. The van der Waals surface area contributed by atoms with Crippen LogP contribution in [0.25, 0.3) is 70.8 Å². The predicted octanol–water partition coefficient (Wildman–Crippen LogP) is 9.74. The van der Waals surface area contributed by atoms with Crippen molar-refractivity contribution in [2.45, 2.75) is 20.8 Å². The highest BCUT2D eigenvalue weighted by molar-refractivity contribution is 6.27. The molecule has 170 valence electrons. The third-order valence-electron chi connectivity index (χ3n) is 8.09. The number of hydrogen-bond donors (Lipinski definition) is 0. The number of fused-ring (bicyclic) bond motifs is 8. The highest BCUT2D eigenvalue weighted by atomic mass is 14.9. The Kier molecular flexibility index (Phi) is 3.79. The van der Waals surface area contributed by atoms with Gasteiger partial charge in [-0.15, -0.1) is 0 Å². The summed E-state index contributed by atoms with van der Waals surface area (Å²) in [4.78, 5) is 0. The Labute approximate surface area is 209 Å². The van der Waals surface area contributed by atoms with Crippen molar-refractivity contribution in [2.75, 3.05) is 0 Å². The van der Waals surface area contributed by atoms with Crippen molar-refractivity contribution in [3.63, 3.8) is 0 Å². The molecule has 1 nitrogen and oxygen atoms in total. The highest BCUT2D eigenvalue weighted by Gasteiger charge is 2.20. The van der Waals surface area contributed by atoms with Gasteiger partial charge in [-0.3, -0.25) is 0 Å². The molecule has 0 unspecified atom stereocenters. The van der Waals surface area contributed by atoms with E-state index in [1.807, 2.05) is 0 Å². The average Bonchev–Trinajstić information content (AvgIpc) is 3.35. The summed E-state index contributed by atoms with van der Waals surface area (Å²) in [5.41, 5.74) is 10.6. The Bertz CT molecular complexity index is 2030. The first kappa shape index (κ1) is 19.9. The van der Waals surface area contributed by atoms with Gasteiger partial charge in [-0.2, -0.15) is 0 Å². The molecule has 6 aromatic carbocycles. The summed E-state index contributed by atoms with van der Waals surface area (Å²) >= 11 is 0. The molecular formula is C35H25N. The molecule has 0 aliphatic carbocycles. The van der Waals surface area contributed by atoms with Gasteiger partial charge in [0, 0.05) is 21.5 Å². The third-order valence-corrected chi connectivity index (χ3v) is 8.09. The molecule has 0 atom stereocenters. The Hall–Kier alpha value is -4.36. The van der Waals surface area contributed by atoms with Gasteiger partial charge >= 0.3 is 0 Å². The summed E-state index contributed by atoms with van der Waals surface area (Å²) in [6, 6.07) is 36.4. The van der Waals surface area contributed by atoms with E-state index >= 15 is 0 Å². The minimum atomic E-state index is 1.28. The van der Waals surface area contributed by atoms with Crippen LogP contribution in [0.3, 0.4) is 0 Å². The van der Waals surface area contributed by atoms with Crippen LogP contribution in [-0.2, 0) is 0 Å². The first-order valence-corrected chi connectivity index (χ1v) is 12.7. The summed E-state index contributed by atoms with van der Waals surface area (Å²) < 4.78 is 2.51. The van der Waals surface area contributed by atoms with Gasteiger partial charge in [0.25, 0.3) is 0 Å². The average molecular weight is 460 g/mol. The summed E-state index contributed by atoms with van der Waals surface area (Å²) in [5, 5.41) is 10.5. The molecule has 36 heavy (non-hydrogen) atoms. The molecule has 0 radical (unpaired) electrons. The van der Waals surface area contributed by atoms with Gasteiger partial charge < -0.3 is 4.40 Å². The zero-order chi connectivity index (χ0) is 24.1. The second kappa shape index (κ2) is 6.86. The van der Waals surface area contributed by atoms with Crippen LogP contribution in [0, 0.1) is 20.8 Å². The van der Waals surface area contributed by atoms with Crippen molar-refractivity contribution >= 4 is 59.6 Å². The molecule has 2 aromatic heterocycles. The standard InChI is InChI=1S/C35H25N/c1-20-12-21(2)34(22(3)13-20)27-16-30-28-14-23-8-4-6-10-25(23)18-32(28)36-33-19-26-11-7-5-9-24(26)15-29(33)31(17-27)35(30)36/h4-19H,1-3H3. The molecule has 8 rings (SSSR count). The lowest BCUT2D eigenvalue weighted by Gasteiger charge is -2.12. The number of aromatic nitrogens is 1. The van der Waals surface area contributed by atoms with Crippen LogP contribution in [0.1, 0.15) is 16.7 Å². The molecule has 0 bridgehead atoms. The van der Waals surface area contributed by atoms with E-state index in [9.17, 15) is 0 Å². The van der Waals surface area contributed by atoms with Gasteiger partial charge in [-0.05, 0) is 101 Å². The van der Waals surface area contributed by atoms with Crippen LogP contribution in [0.2, 0.25) is 0 Å². The maximum absolute atomic E-state index is 2.51. The number of hydrogen-bond acceptors (Lipinski definition) is 0. The second-order valence-corrected chi connectivity index (χ2v) is 10.5. The van der Waals surface area contributed by atoms with Crippen LogP contribution < -0.4 is 0 Å². The molecule has 0 saturated carbocycles. The van der Waals surface area contributed by atoms with E-state index in [2.05, 4.69) is 122 Å².